The average Bonchev–Trinajstić information content (AvgIpc) is 2.42. The summed E-state index contributed by atoms with van der Waals surface area (Å²) in [5, 5.41) is 3.51. The maximum Gasteiger partial charge on any atom is 0.161 e. The molecule has 0 radical (unpaired) electrons. The molecule has 0 spiro atoms. The number of methoxy groups -OCH3 is 2. The molecular formula is C17H28BrNO2. The minimum atomic E-state index is 0.0579. The summed E-state index contributed by atoms with van der Waals surface area (Å²) in [6.45, 7) is 11.0. The Morgan fingerprint density at radius 3 is 2.24 bits per heavy atom. The number of rotatable bonds is 8. The Morgan fingerprint density at radius 2 is 1.71 bits per heavy atom. The van der Waals surface area contributed by atoms with Gasteiger partial charge in [0.15, 0.2) is 11.5 Å². The number of ether oxygens (including phenoxy) is 2. The lowest BCUT2D eigenvalue weighted by Crippen LogP contribution is -2.28. The molecule has 21 heavy (non-hydrogen) atoms. The first kappa shape index (κ1) is 18.3. The fourth-order valence-corrected chi connectivity index (χ4v) is 3.16. The van der Waals surface area contributed by atoms with E-state index in [1.165, 1.54) is 5.56 Å². The van der Waals surface area contributed by atoms with Crippen molar-refractivity contribution in [1.29, 1.82) is 0 Å². The molecular weight excluding hydrogens is 330 g/mol. The largest absolute Gasteiger partial charge is 0.493 e. The van der Waals surface area contributed by atoms with Crippen molar-refractivity contribution in [1.82, 2.24) is 5.32 Å². The molecule has 0 aliphatic rings. The van der Waals surface area contributed by atoms with E-state index in [1.807, 2.05) is 6.07 Å². The van der Waals surface area contributed by atoms with Crippen LogP contribution in [0.2, 0.25) is 0 Å². The molecule has 0 aliphatic carbocycles. The highest BCUT2D eigenvalue weighted by atomic mass is 79.9. The van der Waals surface area contributed by atoms with Crippen molar-refractivity contribution in [3.63, 3.8) is 0 Å². The second-order valence-corrected chi connectivity index (χ2v) is 7.27. The van der Waals surface area contributed by atoms with Gasteiger partial charge in [-0.15, -0.1) is 0 Å². The smallest absolute Gasteiger partial charge is 0.161 e. The molecule has 0 aromatic heterocycles. The van der Waals surface area contributed by atoms with Crippen molar-refractivity contribution in [3.05, 3.63) is 22.2 Å². The first-order valence-corrected chi connectivity index (χ1v) is 8.24. The zero-order valence-electron chi connectivity index (χ0n) is 14.0. The summed E-state index contributed by atoms with van der Waals surface area (Å²) in [5.41, 5.74) is 1.30. The van der Waals surface area contributed by atoms with Crippen molar-refractivity contribution in [2.75, 3.05) is 27.3 Å². The monoisotopic (exact) mass is 357 g/mol. The molecule has 0 fully saturated rings. The minimum Gasteiger partial charge on any atom is -0.493 e. The molecule has 3 nitrogen and oxygen atoms in total. The van der Waals surface area contributed by atoms with Gasteiger partial charge in [-0.05, 0) is 48.5 Å². The fraction of sp³-hybridized carbons (Fsp3) is 0.647. The molecule has 120 valence electrons. The lowest BCUT2D eigenvalue weighted by molar-refractivity contribution is 0.352. The number of hydrogen-bond acceptors (Lipinski definition) is 3. The van der Waals surface area contributed by atoms with Crippen molar-refractivity contribution < 1.29 is 9.47 Å². The first-order chi connectivity index (χ1) is 9.81. The fourth-order valence-electron chi connectivity index (χ4n) is 2.30. The van der Waals surface area contributed by atoms with Gasteiger partial charge >= 0.3 is 0 Å². The third kappa shape index (κ3) is 5.19. The SMILES string of the molecule is COc1cc(Br)c(C(C)(C)CCNCC(C)C)cc1OC. The third-order valence-corrected chi connectivity index (χ3v) is 4.34. The molecule has 1 aromatic carbocycles. The van der Waals surface area contributed by atoms with E-state index in [0.717, 1.165) is 35.5 Å². The van der Waals surface area contributed by atoms with E-state index in [-0.39, 0.29) is 5.41 Å². The number of nitrogens with one attached hydrogen (secondary N) is 1. The molecule has 4 heteroatoms. The van der Waals surface area contributed by atoms with Crippen molar-refractivity contribution in [2.45, 2.75) is 39.5 Å². The van der Waals surface area contributed by atoms with Gasteiger partial charge < -0.3 is 14.8 Å². The standard InChI is InChI=1S/C17H28BrNO2/c1-12(2)11-19-8-7-17(3,4)13-9-15(20-5)16(21-6)10-14(13)18/h9-10,12,19H,7-8,11H2,1-6H3. The molecule has 1 rings (SSSR count). The summed E-state index contributed by atoms with van der Waals surface area (Å²) in [4.78, 5) is 0. The third-order valence-electron chi connectivity index (χ3n) is 3.68. The summed E-state index contributed by atoms with van der Waals surface area (Å²) in [7, 11) is 3.33. The highest BCUT2D eigenvalue weighted by Gasteiger charge is 2.25. The first-order valence-electron chi connectivity index (χ1n) is 7.44. The highest BCUT2D eigenvalue weighted by molar-refractivity contribution is 9.10. The van der Waals surface area contributed by atoms with Crippen LogP contribution in [0.3, 0.4) is 0 Å². The molecule has 1 N–H and O–H groups in total. The average molecular weight is 358 g/mol. The van der Waals surface area contributed by atoms with Crippen LogP contribution in [0.25, 0.3) is 0 Å². The lowest BCUT2D eigenvalue weighted by atomic mass is 9.81. The van der Waals surface area contributed by atoms with E-state index in [9.17, 15) is 0 Å². The number of hydrogen-bond donors (Lipinski definition) is 1. The highest BCUT2D eigenvalue weighted by Crippen LogP contribution is 2.40. The van der Waals surface area contributed by atoms with Crippen LogP contribution in [0, 0.1) is 5.92 Å². The summed E-state index contributed by atoms with van der Waals surface area (Å²) in [5.74, 6) is 2.21. The Bertz CT molecular complexity index is 458. The Hall–Kier alpha value is -0.740. The predicted molar refractivity (Wildman–Crippen MR) is 92.6 cm³/mol. The Balaban J connectivity index is 2.86. The topological polar surface area (TPSA) is 30.5 Å². The van der Waals surface area contributed by atoms with Crippen LogP contribution >= 0.6 is 15.9 Å². The number of halogens is 1. The predicted octanol–water partition coefficient (Wildman–Crippen LogP) is 4.38. The van der Waals surface area contributed by atoms with Crippen LogP contribution in [0.15, 0.2) is 16.6 Å². The Labute approximate surface area is 137 Å². The number of benzene rings is 1. The van der Waals surface area contributed by atoms with Gasteiger partial charge in [-0.2, -0.15) is 0 Å². The molecule has 0 heterocycles. The Morgan fingerprint density at radius 1 is 1.14 bits per heavy atom. The molecule has 0 saturated carbocycles. The summed E-state index contributed by atoms with van der Waals surface area (Å²) < 4.78 is 11.8. The molecule has 0 atom stereocenters. The second-order valence-electron chi connectivity index (χ2n) is 6.42. The zero-order valence-corrected chi connectivity index (χ0v) is 15.6. The molecule has 1 aromatic rings. The van der Waals surface area contributed by atoms with Crippen molar-refractivity contribution in [2.24, 2.45) is 5.92 Å². The van der Waals surface area contributed by atoms with Gasteiger partial charge in [0.2, 0.25) is 0 Å². The summed E-state index contributed by atoms with van der Waals surface area (Å²) in [6, 6.07) is 4.06. The van der Waals surface area contributed by atoms with E-state index >= 15 is 0 Å². The van der Waals surface area contributed by atoms with E-state index in [2.05, 4.69) is 55.0 Å². The van der Waals surface area contributed by atoms with Gasteiger partial charge in [0, 0.05) is 4.47 Å². The summed E-state index contributed by atoms with van der Waals surface area (Å²) in [6.07, 6.45) is 1.06. The normalized spacial score (nSPS) is 11.8. The maximum atomic E-state index is 5.42. The molecule has 0 amide bonds. The van der Waals surface area contributed by atoms with E-state index in [1.54, 1.807) is 14.2 Å². The van der Waals surface area contributed by atoms with Crippen LogP contribution in [-0.2, 0) is 5.41 Å². The molecule has 0 bridgehead atoms. The van der Waals surface area contributed by atoms with E-state index in [4.69, 9.17) is 9.47 Å². The minimum absolute atomic E-state index is 0.0579. The van der Waals surface area contributed by atoms with Gasteiger partial charge in [0.05, 0.1) is 14.2 Å². The van der Waals surface area contributed by atoms with Gasteiger partial charge in [-0.25, -0.2) is 0 Å². The van der Waals surface area contributed by atoms with Gasteiger partial charge in [-0.3, -0.25) is 0 Å². The lowest BCUT2D eigenvalue weighted by Gasteiger charge is -2.28. The molecule has 0 saturated heterocycles. The van der Waals surface area contributed by atoms with E-state index < -0.39 is 0 Å². The van der Waals surface area contributed by atoms with Crippen molar-refractivity contribution in [3.8, 4) is 11.5 Å². The van der Waals surface area contributed by atoms with Gasteiger partial charge in [-0.1, -0.05) is 43.6 Å². The quantitative estimate of drug-likeness (QED) is 0.700. The van der Waals surface area contributed by atoms with Gasteiger partial charge in [0.1, 0.15) is 0 Å². The summed E-state index contributed by atoms with van der Waals surface area (Å²) >= 11 is 3.66. The van der Waals surface area contributed by atoms with Crippen LogP contribution in [0.4, 0.5) is 0 Å². The second kappa shape index (κ2) is 8.04. The van der Waals surface area contributed by atoms with Crippen molar-refractivity contribution >= 4 is 15.9 Å². The molecule has 0 aliphatic heterocycles. The van der Waals surface area contributed by atoms with Crippen LogP contribution in [0.5, 0.6) is 11.5 Å². The zero-order chi connectivity index (χ0) is 16.0. The maximum absolute atomic E-state index is 5.42. The van der Waals surface area contributed by atoms with Crippen LogP contribution < -0.4 is 14.8 Å². The van der Waals surface area contributed by atoms with Crippen LogP contribution in [-0.4, -0.2) is 27.3 Å². The Kier molecular flexibility index (Phi) is 7.01. The van der Waals surface area contributed by atoms with E-state index in [0.29, 0.717) is 5.92 Å². The van der Waals surface area contributed by atoms with Crippen LogP contribution in [0.1, 0.15) is 39.7 Å². The van der Waals surface area contributed by atoms with Gasteiger partial charge in [0.25, 0.3) is 0 Å². The molecule has 0 unspecified atom stereocenters.